The molecule has 1 N–H and O–H groups in total. The fourth-order valence-corrected chi connectivity index (χ4v) is 7.37. The van der Waals surface area contributed by atoms with E-state index in [1.807, 2.05) is 55.3 Å². The van der Waals surface area contributed by atoms with Gasteiger partial charge >= 0.3 is 0 Å². The SMILES string of the molecule is COc1cc2c(Nc3ccc(OCc4ncccc4C)cc3Cl)c(C#N)cnc2cc1OCC1CCC2(CCN(SC)CC2)C1. The first kappa shape index (κ1) is 31.3. The van der Waals surface area contributed by atoms with Crippen LogP contribution in [0.15, 0.2) is 54.9 Å². The topological polar surface area (TPSA) is 92.5 Å². The largest absolute Gasteiger partial charge is 0.493 e. The molecule has 1 aliphatic heterocycles. The molecule has 3 heterocycles. The Hall–Kier alpha value is -3.71. The van der Waals surface area contributed by atoms with Crippen LogP contribution < -0.4 is 19.5 Å². The van der Waals surface area contributed by atoms with Crippen LogP contribution in [0.4, 0.5) is 11.4 Å². The molecule has 2 aliphatic rings. The summed E-state index contributed by atoms with van der Waals surface area (Å²) in [5.41, 5.74) is 4.72. The van der Waals surface area contributed by atoms with E-state index in [9.17, 15) is 5.26 Å². The number of nitrogens with zero attached hydrogens (tertiary/aromatic N) is 4. The average Bonchev–Trinajstić information content (AvgIpc) is 3.46. The Morgan fingerprint density at radius 3 is 2.69 bits per heavy atom. The Kier molecular flexibility index (Phi) is 9.55. The zero-order chi connectivity index (χ0) is 31.4. The molecule has 2 aromatic heterocycles. The number of anilines is 2. The molecule has 0 amide bonds. The number of hydrogen-bond acceptors (Lipinski definition) is 9. The van der Waals surface area contributed by atoms with E-state index in [0.717, 1.165) is 16.6 Å². The number of hydrogen-bond donors (Lipinski definition) is 1. The normalized spacial score (nSPS) is 17.7. The number of halogens is 1. The molecule has 1 unspecified atom stereocenters. The molecule has 4 aromatic rings. The molecule has 2 fully saturated rings. The monoisotopic (exact) mass is 643 g/mol. The van der Waals surface area contributed by atoms with Gasteiger partial charge in [-0.05, 0) is 86.4 Å². The number of pyridine rings is 2. The summed E-state index contributed by atoms with van der Waals surface area (Å²) < 4.78 is 20.6. The van der Waals surface area contributed by atoms with Gasteiger partial charge in [-0.1, -0.05) is 29.6 Å². The van der Waals surface area contributed by atoms with Crippen molar-refractivity contribution in [3.05, 3.63) is 76.7 Å². The predicted octanol–water partition coefficient (Wildman–Crippen LogP) is 8.33. The number of nitrogens with one attached hydrogen (secondary N) is 1. The van der Waals surface area contributed by atoms with Gasteiger partial charge in [-0.15, -0.1) is 0 Å². The lowest BCUT2D eigenvalue weighted by Gasteiger charge is -2.38. The molecule has 6 rings (SSSR count). The van der Waals surface area contributed by atoms with Gasteiger partial charge < -0.3 is 19.5 Å². The summed E-state index contributed by atoms with van der Waals surface area (Å²) in [6.07, 6.45) is 11.7. The van der Waals surface area contributed by atoms with E-state index in [1.54, 1.807) is 25.6 Å². The van der Waals surface area contributed by atoms with Gasteiger partial charge in [0.25, 0.3) is 0 Å². The number of fused-ring (bicyclic) bond motifs is 1. The average molecular weight is 644 g/mol. The molecule has 2 aromatic carbocycles. The first-order chi connectivity index (χ1) is 21.9. The number of ether oxygens (including phenoxy) is 3. The van der Waals surface area contributed by atoms with Crippen molar-refractivity contribution >= 4 is 45.8 Å². The maximum Gasteiger partial charge on any atom is 0.163 e. The number of nitriles is 1. The van der Waals surface area contributed by atoms with Gasteiger partial charge in [-0.25, -0.2) is 0 Å². The first-order valence-electron chi connectivity index (χ1n) is 15.3. The molecular formula is C35H38ClN5O3S. The minimum atomic E-state index is 0.339. The molecular weight excluding hydrogens is 606 g/mol. The van der Waals surface area contributed by atoms with Crippen molar-refractivity contribution in [2.45, 2.75) is 45.6 Å². The predicted molar refractivity (Wildman–Crippen MR) is 181 cm³/mol. The van der Waals surface area contributed by atoms with Crippen molar-refractivity contribution in [1.82, 2.24) is 14.3 Å². The second-order valence-electron chi connectivity index (χ2n) is 12.0. The second-order valence-corrected chi connectivity index (χ2v) is 13.3. The van der Waals surface area contributed by atoms with Gasteiger partial charge in [-0.2, -0.15) is 5.26 Å². The second kappa shape index (κ2) is 13.7. The van der Waals surface area contributed by atoms with Gasteiger partial charge in [0.15, 0.2) is 11.5 Å². The Morgan fingerprint density at radius 2 is 1.96 bits per heavy atom. The Balaban J connectivity index is 1.18. The summed E-state index contributed by atoms with van der Waals surface area (Å²) in [5, 5.41) is 14.5. The Labute approximate surface area is 274 Å². The van der Waals surface area contributed by atoms with Gasteiger partial charge in [0.1, 0.15) is 18.4 Å². The first-order valence-corrected chi connectivity index (χ1v) is 16.9. The lowest BCUT2D eigenvalue weighted by Crippen LogP contribution is -2.35. The minimum absolute atomic E-state index is 0.339. The Bertz CT molecular complexity index is 1720. The maximum absolute atomic E-state index is 9.94. The summed E-state index contributed by atoms with van der Waals surface area (Å²) >= 11 is 8.55. The summed E-state index contributed by atoms with van der Waals surface area (Å²) in [6.45, 7) is 5.35. The summed E-state index contributed by atoms with van der Waals surface area (Å²) in [6, 6.07) is 15.4. The zero-order valence-corrected chi connectivity index (χ0v) is 27.5. The number of aryl methyl sites for hydroxylation is 1. The smallest absolute Gasteiger partial charge is 0.163 e. The minimum Gasteiger partial charge on any atom is -0.493 e. The summed E-state index contributed by atoms with van der Waals surface area (Å²) in [7, 11) is 1.63. The summed E-state index contributed by atoms with van der Waals surface area (Å²) in [5.74, 6) is 2.41. The molecule has 1 saturated heterocycles. The third-order valence-corrected chi connectivity index (χ3v) is 10.5. The van der Waals surface area contributed by atoms with Gasteiger partial charge in [0, 0.05) is 43.0 Å². The van der Waals surface area contributed by atoms with E-state index >= 15 is 0 Å². The molecule has 1 aliphatic carbocycles. The van der Waals surface area contributed by atoms with Crippen LogP contribution in [0, 0.1) is 29.6 Å². The highest BCUT2D eigenvalue weighted by atomic mass is 35.5. The third kappa shape index (κ3) is 6.94. The quantitative estimate of drug-likeness (QED) is 0.171. The summed E-state index contributed by atoms with van der Waals surface area (Å²) in [4.78, 5) is 8.97. The third-order valence-electron chi connectivity index (χ3n) is 9.29. The van der Waals surface area contributed by atoms with Crippen LogP contribution in [0.25, 0.3) is 10.9 Å². The van der Waals surface area contributed by atoms with E-state index < -0.39 is 0 Å². The fourth-order valence-electron chi connectivity index (χ4n) is 6.61. The van der Waals surface area contributed by atoms with Crippen LogP contribution in [-0.2, 0) is 6.61 Å². The maximum atomic E-state index is 9.94. The van der Waals surface area contributed by atoms with Crippen molar-refractivity contribution < 1.29 is 14.2 Å². The Morgan fingerprint density at radius 1 is 1.11 bits per heavy atom. The van der Waals surface area contributed by atoms with Crippen molar-refractivity contribution in [1.29, 1.82) is 5.26 Å². The molecule has 1 spiro atoms. The highest BCUT2D eigenvalue weighted by Crippen LogP contribution is 2.50. The molecule has 0 bridgehead atoms. The number of methoxy groups -OCH3 is 1. The number of piperidine rings is 1. The van der Waals surface area contributed by atoms with Crippen LogP contribution in [0.5, 0.6) is 17.2 Å². The molecule has 234 valence electrons. The van der Waals surface area contributed by atoms with Gasteiger partial charge in [-0.3, -0.25) is 14.3 Å². The number of benzene rings is 2. The van der Waals surface area contributed by atoms with Crippen LogP contribution >= 0.6 is 23.5 Å². The lowest BCUT2D eigenvalue weighted by atomic mass is 9.77. The van der Waals surface area contributed by atoms with E-state index in [1.165, 1.54) is 45.2 Å². The molecule has 45 heavy (non-hydrogen) atoms. The van der Waals surface area contributed by atoms with Crippen LogP contribution in [0.3, 0.4) is 0 Å². The van der Waals surface area contributed by atoms with E-state index in [4.69, 9.17) is 25.8 Å². The number of aromatic nitrogens is 2. The molecule has 1 atom stereocenters. The highest BCUT2D eigenvalue weighted by Gasteiger charge is 2.41. The lowest BCUT2D eigenvalue weighted by molar-refractivity contribution is 0.151. The highest BCUT2D eigenvalue weighted by molar-refractivity contribution is 7.96. The van der Waals surface area contributed by atoms with Crippen LogP contribution in [-0.4, -0.2) is 47.3 Å². The molecule has 8 nitrogen and oxygen atoms in total. The molecule has 10 heteroatoms. The fraction of sp³-hybridized carbons (Fsp3) is 0.400. The van der Waals surface area contributed by atoms with Gasteiger partial charge in [0.05, 0.1) is 46.9 Å². The van der Waals surface area contributed by atoms with Crippen molar-refractivity contribution in [3.8, 4) is 23.3 Å². The standard InChI is InChI=1S/C35H38ClN5O3S/c1-23-5-4-12-38-31(23)22-43-26-6-7-29(28(36)15-26)40-34-25(19-37)20-39-30-17-33(32(42-2)16-27(30)34)44-21-24-8-9-35(18-24)10-13-41(45-3)14-11-35/h4-7,12,15-17,20,24H,8-11,13-14,18,21-22H2,1-3H3,(H,39,40). The zero-order valence-electron chi connectivity index (χ0n) is 25.9. The van der Waals surface area contributed by atoms with Crippen molar-refractivity contribution in [2.24, 2.45) is 11.3 Å². The number of rotatable bonds is 10. The van der Waals surface area contributed by atoms with Crippen molar-refractivity contribution in [3.63, 3.8) is 0 Å². The van der Waals surface area contributed by atoms with Crippen LogP contribution in [0.2, 0.25) is 5.02 Å². The van der Waals surface area contributed by atoms with E-state index in [2.05, 4.69) is 31.9 Å². The van der Waals surface area contributed by atoms with Crippen molar-refractivity contribution in [2.75, 3.05) is 38.4 Å². The van der Waals surface area contributed by atoms with E-state index in [0.29, 0.717) is 69.3 Å². The van der Waals surface area contributed by atoms with E-state index in [-0.39, 0.29) is 0 Å². The van der Waals surface area contributed by atoms with Crippen LogP contribution in [0.1, 0.15) is 48.9 Å². The molecule has 0 radical (unpaired) electrons. The molecule has 1 saturated carbocycles. The van der Waals surface area contributed by atoms with Gasteiger partial charge in [0.2, 0.25) is 0 Å².